The highest BCUT2D eigenvalue weighted by atomic mass is 16.2. The van der Waals surface area contributed by atoms with Crippen LogP contribution in [0.1, 0.15) is 32.3 Å². The molecule has 168 valence electrons. The van der Waals surface area contributed by atoms with Gasteiger partial charge in [-0.15, -0.1) is 0 Å². The second-order valence-corrected chi connectivity index (χ2v) is 8.95. The van der Waals surface area contributed by atoms with Crippen LogP contribution in [-0.2, 0) is 4.79 Å². The van der Waals surface area contributed by atoms with E-state index in [9.17, 15) is 4.79 Å². The fraction of sp³-hybridized carbons (Fsp3) is 0.385. The summed E-state index contributed by atoms with van der Waals surface area (Å²) >= 11 is 0. The number of carbonyl (C=O) groups is 1. The Balaban J connectivity index is 1.47. The number of aryl methyl sites for hydroxylation is 1. The molecule has 6 nitrogen and oxygen atoms in total. The molecule has 2 heterocycles. The molecule has 1 fully saturated rings. The largest absolute Gasteiger partial charge is 0.312 e. The molecule has 1 aliphatic rings. The molecule has 6 heteroatoms. The van der Waals surface area contributed by atoms with Crippen LogP contribution in [0.2, 0.25) is 0 Å². The fourth-order valence-electron chi connectivity index (χ4n) is 4.22. The number of carbonyl (C=O) groups excluding carboxylic acids is 1. The fourth-order valence-corrected chi connectivity index (χ4v) is 4.22. The lowest BCUT2D eigenvalue weighted by molar-refractivity contribution is -0.117. The Bertz CT molecular complexity index is 1020. The minimum atomic E-state index is -0.00666. The number of amides is 1. The molecule has 0 radical (unpaired) electrons. The summed E-state index contributed by atoms with van der Waals surface area (Å²) < 4.78 is 1.81. The van der Waals surface area contributed by atoms with Gasteiger partial charge in [-0.3, -0.25) is 9.69 Å². The minimum absolute atomic E-state index is 0.00666. The third kappa shape index (κ3) is 5.64. The van der Waals surface area contributed by atoms with Gasteiger partial charge in [0, 0.05) is 36.8 Å². The molecular formula is C26H33N5O. The molecule has 2 aromatic carbocycles. The Morgan fingerprint density at radius 3 is 2.41 bits per heavy atom. The summed E-state index contributed by atoms with van der Waals surface area (Å²) in [5.41, 5.74) is 3.99. The van der Waals surface area contributed by atoms with Gasteiger partial charge in [-0.25, -0.2) is 4.68 Å². The van der Waals surface area contributed by atoms with Crippen LogP contribution < -0.4 is 10.6 Å². The Labute approximate surface area is 190 Å². The van der Waals surface area contributed by atoms with E-state index in [2.05, 4.69) is 60.6 Å². The summed E-state index contributed by atoms with van der Waals surface area (Å²) in [4.78, 5) is 15.1. The van der Waals surface area contributed by atoms with Crippen LogP contribution in [0, 0.1) is 6.92 Å². The smallest absolute Gasteiger partial charge is 0.239 e. The van der Waals surface area contributed by atoms with E-state index in [1.54, 1.807) is 0 Å². The highest BCUT2D eigenvalue weighted by Gasteiger charge is 2.22. The number of nitrogens with one attached hydrogen (secondary N) is 2. The van der Waals surface area contributed by atoms with Crippen molar-refractivity contribution in [2.24, 2.45) is 0 Å². The Hall–Kier alpha value is -2.96. The SMILES string of the molecule is Cc1ccc(-c2cc(NC(=O)CN3CCC(NC(C)C)CC3)n(-c3ccccc3)n2)cc1. The topological polar surface area (TPSA) is 62.2 Å². The molecular weight excluding hydrogens is 398 g/mol. The summed E-state index contributed by atoms with van der Waals surface area (Å²) in [6.45, 7) is 8.70. The van der Waals surface area contributed by atoms with Crippen LogP contribution in [0.25, 0.3) is 16.9 Å². The molecule has 0 atom stereocenters. The van der Waals surface area contributed by atoms with Crippen molar-refractivity contribution in [3.05, 3.63) is 66.2 Å². The van der Waals surface area contributed by atoms with Crippen LogP contribution >= 0.6 is 0 Å². The number of benzene rings is 2. The first-order valence-electron chi connectivity index (χ1n) is 11.5. The van der Waals surface area contributed by atoms with E-state index in [1.165, 1.54) is 5.56 Å². The summed E-state index contributed by atoms with van der Waals surface area (Å²) in [5, 5.41) is 11.5. The summed E-state index contributed by atoms with van der Waals surface area (Å²) in [7, 11) is 0. The van der Waals surface area contributed by atoms with Gasteiger partial charge in [-0.2, -0.15) is 5.10 Å². The Morgan fingerprint density at radius 1 is 1.06 bits per heavy atom. The molecule has 0 unspecified atom stereocenters. The van der Waals surface area contributed by atoms with Gasteiger partial charge in [-0.1, -0.05) is 61.9 Å². The third-order valence-corrected chi connectivity index (χ3v) is 5.85. The molecule has 3 aromatic rings. The van der Waals surface area contributed by atoms with Gasteiger partial charge in [0.2, 0.25) is 5.91 Å². The van der Waals surface area contributed by atoms with Crippen molar-refractivity contribution >= 4 is 11.7 Å². The Morgan fingerprint density at radius 2 is 1.75 bits per heavy atom. The number of rotatable bonds is 7. The maximum atomic E-state index is 12.9. The number of nitrogens with zero attached hydrogens (tertiary/aromatic N) is 3. The maximum absolute atomic E-state index is 12.9. The lowest BCUT2D eigenvalue weighted by atomic mass is 10.0. The van der Waals surface area contributed by atoms with E-state index >= 15 is 0 Å². The number of hydrogen-bond donors (Lipinski definition) is 2. The standard InChI is InChI=1S/C26H33N5O/c1-19(2)27-22-13-15-30(16-14-22)18-26(32)28-25-17-24(21-11-9-20(3)10-12-21)29-31(25)23-7-5-4-6-8-23/h4-12,17,19,22,27H,13-16,18H2,1-3H3,(H,28,32). The van der Waals surface area contributed by atoms with E-state index in [0.29, 0.717) is 24.4 Å². The minimum Gasteiger partial charge on any atom is -0.312 e. The summed E-state index contributed by atoms with van der Waals surface area (Å²) in [6, 6.07) is 21.2. The van der Waals surface area contributed by atoms with Gasteiger partial charge in [0.25, 0.3) is 0 Å². The third-order valence-electron chi connectivity index (χ3n) is 5.85. The molecule has 4 rings (SSSR count). The first kappa shape index (κ1) is 22.2. The number of anilines is 1. The average Bonchev–Trinajstić information content (AvgIpc) is 3.19. The second kappa shape index (κ2) is 10.1. The van der Waals surface area contributed by atoms with Crippen LogP contribution in [0.4, 0.5) is 5.82 Å². The monoisotopic (exact) mass is 431 g/mol. The number of hydrogen-bond acceptors (Lipinski definition) is 4. The zero-order valence-corrected chi connectivity index (χ0v) is 19.2. The lowest BCUT2D eigenvalue weighted by Crippen LogP contribution is -2.46. The van der Waals surface area contributed by atoms with Crippen molar-refractivity contribution in [3.63, 3.8) is 0 Å². The predicted octanol–water partition coefficient (Wildman–Crippen LogP) is 4.25. The first-order chi connectivity index (χ1) is 15.5. The maximum Gasteiger partial charge on any atom is 0.239 e. The van der Waals surface area contributed by atoms with Gasteiger partial charge in [0.1, 0.15) is 5.82 Å². The van der Waals surface area contributed by atoms with Gasteiger partial charge < -0.3 is 10.6 Å². The van der Waals surface area contributed by atoms with Crippen molar-refractivity contribution in [3.8, 4) is 16.9 Å². The Kier molecular flexibility index (Phi) is 7.02. The number of aromatic nitrogens is 2. The van der Waals surface area contributed by atoms with Crippen LogP contribution in [0.15, 0.2) is 60.7 Å². The van der Waals surface area contributed by atoms with E-state index in [1.807, 2.05) is 41.1 Å². The average molecular weight is 432 g/mol. The zero-order chi connectivity index (χ0) is 22.5. The highest BCUT2D eigenvalue weighted by Crippen LogP contribution is 2.25. The van der Waals surface area contributed by atoms with Crippen molar-refractivity contribution in [2.75, 3.05) is 25.0 Å². The molecule has 1 aromatic heterocycles. The summed E-state index contributed by atoms with van der Waals surface area (Å²) in [5.74, 6) is 0.681. The van der Waals surface area contributed by atoms with Gasteiger partial charge >= 0.3 is 0 Å². The van der Waals surface area contributed by atoms with Gasteiger partial charge in [0.15, 0.2) is 0 Å². The van der Waals surface area contributed by atoms with Crippen molar-refractivity contribution in [1.29, 1.82) is 0 Å². The predicted molar refractivity (Wildman–Crippen MR) is 130 cm³/mol. The van der Waals surface area contributed by atoms with Crippen molar-refractivity contribution in [1.82, 2.24) is 20.0 Å². The number of piperidine rings is 1. The van der Waals surface area contributed by atoms with Crippen LogP contribution in [0.3, 0.4) is 0 Å². The highest BCUT2D eigenvalue weighted by molar-refractivity contribution is 5.92. The molecule has 1 amide bonds. The van der Waals surface area contributed by atoms with Crippen molar-refractivity contribution < 1.29 is 4.79 Å². The second-order valence-electron chi connectivity index (χ2n) is 8.95. The zero-order valence-electron chi connectivity index (χ0n) is 19.2. The molecule has 0 saturated carbocycles. The van der Waals surface area contributed by atoms with Gasteiger partial charge in [0.05, 0.1) is 17.9 Å². The molecule has 1 saturated heterocycles. The summed E-state index contributed by atoms with van der Waals surface area (Å²) in [6.07, 6.45) is 2.15. The van der Waals surface area contributed by atoms with Crippen LogP contribution in [0.5, 0.6) is 0 Å². The van der Waals surface area contributed by atoms with E-state index in [4.69, 9.17) is 5.10 Å². The molecule has 32 heavy (non-hydrogen) atoms. The van der Waals surface area contributed by atoms with E-state index < -0.39 is 0 Å². The normalized spacial score (nSPS) is 15.2. The molecule has 1 aliphatic heterocycles. The molecule has 0 spiro atoms. The van der Waals surface area contributed by atoms with Crippen LogP contribution in [-0.4, -0.2) is 52.3 Å². The molecule has 2 N–H and O–H groups in total. The molecule has 0 aliphatic carbocycles. The first-order valence-corrected chi connectivity index (χ1v) is 11.5. The van der Waals surface area contributed by atoms with Gasteiger partial charge in [-0.05, 0) is 31.9 Å². The quantitative estimate of drug-likeness (QED) is 0.587. The van der Waals surface area contributed by atoms with E-state index in [-0.39, 0.29) is 5.91 Å². The lowest BCUT2D eigenvalue weighted by Gasteiger charge is -2.32. The molecule has 0 bridgehead atoms. The number of para-hydroxylation sites is 1. The van der Waals surface area contributed by atoms with Crippen molar-refractivity contribution in [2.45, 2.75) is 45.7 Å². The van der Waals surface area contributed by atoms with E-state index in [0.717, 1.165) is 42.9 Å². The number of likely N-dealkylation sites (tertiary alicyclic amines) is 1.